The topological polar surface area (TPSA) is 37.8 Å². The standard InChI is InChI=1S/C15H19N3S/c1-2-7-16-14-10-13(11-5-6-11)17-15(18-14)9-12-4-3-8-19-12/h3-4,8,10-11H,2,5-7,9H2,1H3,(H,16,17,18). The van der Waals surface area contributed by atoms with Gasteiger partial charge in [-0.15, -0.1) is 11.3 Å². The van der Waals surface area contributed by atoms with Crippen LogP contribution in [0.3, 0.4) is 0 Å². The summed E-state index contributed by atoms with van der Waals surface area (Å²) >= 11 is 1.77. The van der Waals surface area contributed by atoms with Crippen molar-refractivity contribution in [3.63, 3.8) is 0 Å². The molecule has 1 aliphatic rings. The first kappa shape index (κ1) is 12.6. The summed E-state index contributed by atoms with van der Waals surface area (Å²) < 4.78 is 0. The van der Waals surface area contributed by atoms with E-state index in [9.17, 15) is 0 Å². The first-order valence-corrected chi connectivity index (χ1v) is 7.87. The quantitative estimate of drug-likeness (QED) is 0.869. The number of nitrogens with one attached hydrogen (secondary N) is 1. The Morgan fingerprint density at radius 1 is 1.37 bits per heavy atom. The predicted octanol–water partition coefficient (Wildman–Crippen LogP) is 3.83. The average Bonchev–Trinajstić information content (AvgIpc) is 3.16. The zero-order valence-corrected chi connectivity index (χ0v) is 12.0. The third kappa shape index (κ3) is 3.32. The van der Waals surface area contributed by atoms with Crippen LogP contribution in [0.15, 0.2) is 23.6 Å². The normalized spacial score (nSPS) is 14.6. The van der Waals surface area contributed by atoms with E-state index in [0.29, 0.717) is 5.92 Å². The Hall–Kier alpha value is -1.42. The molecule has 1 N–H and O–H groups in total. The molecule has 0 radical (unpaired) electrons. The summed E-state index contributed by atoms with van der Waals surface area (Å²) in [5.41, 5.74) is 1.22. The average molecular weight is 273 g/mol. The van der Waals surface area contributed by atoms with Crippen LogP contribution in [-0.2, 0) is 6.42 Å². The van der Waals surface area contributed by atoms with Crippen LogP contribution >= 0.6 is 11.3 Å². The molecule has 0 amide bonds. The van der Waals surface area contributed by atoms with Gasteiger partial charge in [0.1, 0.15) is 11.6 Å². The van der Waals surface area contributed by atoms with Crippen LogP contribution in [0, 0.1) is 0 Å². The van der Waals surface area contributed by atoms with Crippen LogP contribution < -0.4 is 5.32 Å². The van der Waals surface area contributed by atoms with Crippen molar-refractivity contribution < 1.29 is 0 Å². The van der Waals surface area contributed by atoms with E-state index in [1.807, 2.05) is 0 Å². The van der Waals surface area contributed by atoms with Gasteiger partial charge in [-0.1, -0.05) is 13.0 Å². The number of anilines is 1. The predicted molar refractivity (Wildman–Crippen MR) is 79.9 cm³/mol. The van der Waals surface area contributed by atoms with Crippen LogP contribution in [0.1, 0.15) is 48.5 Å². The van der Waals surface area contributed by atoms with E-state index in [1.54, 1.807) is 11.3 Å². The van der Waals surface area contributed by atoms with Gasteiger partial charge in [0.25, 0.3) is 0 Å². The Kier molecular flexibility index (Phi) is 3.78. The molecule has 19 heavy (non-hydrogen) atoms. The van der Waals surface area contributed by atoms with Crippen molar-refractivity contribution in [1.29, 1.82) is 0 Å². The van der Waals surface area contributed by atoms with E-state index in [2.05, 4.69) is 40.8 Å². The van der Waals surface area contributed by atoms with Crippen molar-refractivity contribution in [2.24, 2.45) is 0 Å². The molecule has 0 spiro atoms. The lowest BCUT2D eigenvalue weighted by Gasteiger charge is -2.08. The van der Waals surface area contributed by atoms with Crippen LogP contribution in [0.5, 0.6) is 0 Å². The Bertz CT molecular complexity index is 532. The molecule has 1 aliphatic carbocycles. The molecule has 0 aromatic carbocycles. The SMILES string of the molecule is CCCNc1cc(C2CC2)nc(Cc2cccs2)n1. The third-order valence-electron chi connectivity index (χ3n) is 3.26. The Morgan fingerprint density at radius 3 is 2.95 bits per heavy atom. The number of hydrogen-bond donors (Lipinski definition) is 1. The monoisotopic (exact) mass is 273 g/mol. The minimum absolute atomic E-state index is 0.673. The minimum atomic E-state index is 0.673. The third-order valence-corrected chi connectivity index (χ3v) is 4.13. The molecule has 2 heterocycles. The highest BCUT2D eigenvalue weighted by molar-refractivity contribution is 7.09. The number of aromatic nitrogens is 2. The van der Waals surface area contributed by atoms with Crippen molar-refractivity contribution in [3.05, 3.63) is 40.0 Å². The minimum Gasteiger partial charge on any atom is -0.370 e. The van der Waals surface area contributed by atoms with E-state index in [-0.39, 0.29) is 0 Å². The zero-order valence-electron chi connectivity index (χ0n) is 11.2. The summed E-state index contributed by atoms with van der Waals surface area (Å²) in [6.07, 6.45) is 4.52. The lowest BCUT2D eigenvalue weighted by molar-refractivity contribution is 0.892. The van der Waals surface area contributed by atoms with Gasteiger partial charge in [-0.05, 0) is 30.7 Å². The maximum Gasteiger partial charge on any atom is 0.136 e. The van der Waals surface area contributed by atoms with E-state index >= 15 is 0 Å². The second-order valence-corrected chi connectivity index (χ2v) is 6.08. The summed E-state index contributed by atoms with van der Waals surface area (Å²) in [5, 5.41) is 5.50. The fourth-order valence-electron chi connectivity index (χ4n) is 2.10. The van der Waals surface area contributed by atoms with Crippen molar-refractivity contribution in [2.75, 3.05) is 11.9 Å². The summed E-state index contributed by atoms with van der Waals surface area (Å²) in [7, 11) is 0. The first-order valence-electron chi connectivity index (χ1n) is 6.99. The number of rotatable bonds is 6. The zero-order chi connectivity index (χ0) is 13.1. The van der Waals surface area contributed by atoms with Gasteiger partial charge in [0, 0.05) is 35.5 Å². The molecule has 3 nitrogen and oxygen atoms in total. The smallest absolute Gasteiger partial charge is 0.136 e. The van der Waals surface area contributed by atoms with Crippen molar-refractivity contribution in [3.8, 4) is 0 Å². The lowest BCUT2D eigenvalue weighted by atomic mass is 10.2. The van der Waals surface area contributed by atoms with E-state index in [1.165, 1.54) is 23.4 Å². The maximum atomic E-state index is 4.73. The van der Waals surface area contributed by atoms with Crippen LogP contribution in [0.4, 0.5) is 5.82 Å². The molecule has 0 unspecified atom stereocenters. The molecular weight excluding hydrogens is 254 g/mol. The summed E-state index contributed by atoms with van der Waals surface area (Å²) in [6.45, 7) is 3.14. The van der Waals surface area contributed by atoms with Crippen LogP contribution in [-0.4, -0.2) is 16.5 Å². The molecule has 0 bridgehead atoms. The van der Waals surface area contributed by atoms with Gasteiger partial charge in [-0.3, -0.25) is 0 Å². The van der Waals surface area contributed by atoms with Gasteiger partial charge in [0.2, 0.25) is 0 Å². The van der Waals surface area contributed by atoms with Crippen LogP contribution in [0.25, 0.3) is 0 Å². The van der Waals surface area contributed by atoms with Crippen molar-refractivity contribution in [2.45, 2.75) is 38.5 Å². The van der Waals surface area contributed by atoms with Gasteiger partial charge in [0.05, 0.1) is 0 Å². The molecule has 0 atom stereocenters. The molecule has 100 valence electrons. The number of nitrogens with zero attached hydrogens (tertiary/aromatic N) is 2. The Labute approximate surface area is 118 Å². The number of thiophene rings is 1. The highest BCUT2D eigenvalue weighted by Crippen LogP contribution is 2.39. The van der Waals surface area contributed by atoms with Gasteiger partial charge in [-0.2, -0.15) is 0 Å². The molecule has 2 aromatic heterocycles. The first-order chi connectivity index (χ1) is 9.35. The Morgan fingerprint density at radius 2 is 2.26 bits per heavy atom. The summed E-state index contributed by atoms with van der Waals surface area (Å²) in [4.78, 5) is 10.7. The Balaban J connectivity index is 1.82. The fourth-order valence-corrected chi connectivity index (χ4v) is 2.80. The summed E-state index contributed by atoms with van der Waals surface area (Å²) in [5.74, 6) is 2.61. The highest BCUT2D eigenvalue weighted by atomic mass is 32.1. The van der Waals surface area contributed by atoms with Gasteiger partial charge < -0.3 is 5.32 Å². The van der Waals surface area contributed by atoms with Crippen molar-refractivity contribution >= 4 is 17.2 Å². The van der Waals surface area contributed by atoms with Gasteiger partial charge >= 0.3 is 0 Å². The number of hydrogen-bond acceptors (Lipinski definition) is 4. The molecule has 1 saturated carbocycles. The molecule has 3 rings (SSSR count). The van der Waals surface area contributed by atoms with Crippen molar-refractivity contribution in [1.82, 2.24) is 9.97 Å². The fraction of sp³-hybridized carbons (Fsp3) is 0.467. The largest absolute Gasteiger partial charge is 0.370 e. The van der Waals surface area contributed by atoms with E-state index < -0.39 is 0 Å². The highest BCUT2D eigenvalue weighted by Gasteiger charge is 2.26. The maximum absolute atomic E-state index is 4.73. The molecule has 0 aliphatic heterocycles. The van der Waals surface area contributed by atoms with E-state index in [4.69, 9.17) is 4.98 Å². The lowest BCUT2D eigenvalue weighted by Crippen LogP contribution is -2.07. The van der Waals surface area contributed by atoms with Crippen LogP contribution in [0.2, 0.25) is 0 Å². The second-order valence-electron chi connectivity index (χ2n) is 5.05. The molecular formula is C15H19N3S. The second kappa shape index (κ2) is 5.70. The molecule has 0 saturated heterocycles. The molecule has 2 aromatic rings. The van der Waals surface area contributed by atoms with Gasteiger partial charge in [0.15, 0.2) is 0 Å². The summed E-state index contributed by atoms with van der Waals surface area (Å²) in [6, 6.07) is 6.36. The molecule has 4 heteroatoms. The van der Waals surface area contributed by atoms with E-state index in [0.717, 1.165) is 31.0 Å². The molecule has 1 fully saturated rings. The van der Waals surface area contributed by atoms with Gasteiger partial charge in [-0.25, -0.2) is 9.97 Å².